The van der Waals surface area contributed by atoms with E-state index >= 15 is 0 Å². The molecule has 1 aliphatic heterocycles. The number of carbonyl (C=O) groups is 3. The first-order valence-corrected chi connectivity index (χ1v) is 21.2. The predicted octanol–water partition coefficient (Wildman–Crippen LogP) is 6.24. The first-order valence-electron chi connectivity index (χ1n) is 21.2. The number of pyridine rings is 1. The Morgan fingerprint density at radius 3 is 2.39 bits per heavy atom. The number of carbonyl (C=O) groups excluding carboxylic acids is 3. The molecular formula is C49H50N8O7. The molecule has 0 radical (unpaired) electrons. The molecule has 2 amide bonds. The standard InChI is InChI=1S/C49H50N8O7/c1-54-18-20-56(21-19-54)22-23-63-49(61)36-11-14-40(42(26-36)53-48(60)46-27-44(58)41-6-4-5-7-45(41)64-46)47(59)52-38-12-8-33(9-13-38)16-17-57(32-35-25-39(62-3)30-50-28-35)31-34-10-15-43-37(24-34)29-51-55(43)2/h4-15,24-30H,16-23,31-32H2,1-3H3,(H,52,59)(H,53,60). The van der Waals surface area contributed by atoms with Crippen LogP contribution in [0.3, 0.4) is 0 Å². The highest BCUT2D eigenvalue weighted by molar-refractivity contribution is 6.13. The van der Waals surface area contributed by atoms with Crippen LogP contribution < -0.4 is 20.8 Å². The van der Waals surface area contributed by atoms with Gasteiger partial charge in [-0.15, -0.1) is 0 Å². The van der Waals surface area contributed by atoms with E-state index in [1.807, 2.05) is 54.5 Å². The van der Waals surface area contributed by atoms with Gasteiger partial charge in [-0.1, -0.05) is 30.3 Å². The maximum absolute atomic E-state index is 13.9. The number of aromatic nitrogens is 3. The highest BCUT2D eigenvalue weighted by Gasteiger charge is 2.21. The zero-order valence-corrected chi connectivity index (χ0v) is 36.1. The number of ether oxygens (including phenoxy) is 2. The number of anilines is 2. The SMILES string of the molecule is COc1cncc(CN(CCc2ccc(NC(=O)c3ccc(C(=O)OCCN4CCN(C)CC4)cc3NC(=O)c3cc(=O)c4ccccc4o3)cc2)Cc2ccc3c(cnn3C)c2)c1. The van der Waals surface area contributed by atoms with E-state index in [-0.39, 0.29) is 34.8 Å². The van der Waals surface area contributed by atoms with Gasteiger partial charge >= 0.3 is 5.97 Å². The molecule has 0 unspecified atom stereocenters. The van der Waals surface area contributed by atoms with E-state index in [0.717, 1.165) is 72.8 Å². The smallest absolute Gasteiger partial charge is 0.338 e. The average molecular weight is 863 g/mol. The predicted molar refractivity (Wildman–Crippen MR) is 245 cm³/mol. The second kappa shape index (κ2) is 19.9. The molecule has 15 nitrogen and oxygen atoms in total. The third kappa shape index (κ3) is 10.7. The average Bonchev–Trinajstić information content (AvgIpc) is 3.68. The Labute approximate surface area is 370 Å². The summed E-state index contributed by atoms with van der Waals surface area (Å²) >= 11 is 0. The Morgan fingerprint density at radius 2 is 1.58 bits per heavy atom. The van der Waals surface area contributed by atoms with Gasteiger partial charge in [-0.3, -0.25) is 33.8 Å². The van der Waals surface area contributed by atoms with Crippen molar-refractivity contribution >= 4 is 51.0 Å². The van der Waals surface area contributed by atoms with Crippen molar-refractivity contribution in [2.45, 2.75) is 19.5 Å². The Bertz CT molecular complexity index is 2850. The second-order valence-corrected chi connectivity index (χ2v) is 16.0. The Balaban J connectivity index is 0.963. The largest absolute Gasteiger partial charge is 0.495 e. The summed E-state index contributed by atoms with van der Waals surface area (Å²) < 4.78 is 18.7. The lowest BCUT2D eigenvalue weighted by atomic mass is 10.1. The van der Waals surface area contributed by atoms with E-state index in [1.165, 1.54) is 18.2 Å². The number of esters is 1. The number of para-hydroxylation sites is 1. The zero-order valence-electron chi connectivity index (χ0n) is 36.1. The summed E-state index contributed by atoms with van der Waals surface area (Å²) in [5.74, 6) is -1.44. The number of nitrogens with zero attached hydrogens (tertiary/aromatic N) is 6. The quantitative estimate of drug-likeness (QED) is 0.105. The number of hydrogen-bond donors (Lipinski definition) is 2. The van der Waals surface area contributed by atoms with Gasteiger partial charge < -0.3 is 29.4 Å². The highest BCUT2D eigenvalue weighted by atomic mass is 16.5. The second-order valence-electron chi connectivity index (χ2n) is 16.0. The van der Waals surface area contributed by atoms with Gasteiger partial charge in [0.05, 0.1) is 47.2 Å². The molecule has 0 atom stereocenters. The Morgan fingerprint density at radius 1 is 0.797 bits per heavy atom. The molecule has 1 aliphatic rings. The van der Waals surface area contributed by atoms with Crippen LogP contribution in [-0.4, -0.2) is 107 Å². The van der Waals surface area contributed by atoms with Crippen LogP contribution in [0.4, 0.5) is 11.4 Å². The van der Waals surface area contributed by atoms with Crippen LogP contribution in [0.15, 0.2) is 125 Å². The van der Waals surface area contributed by atoms with Crippen LogP contribution in [0.2, 0.25) is 0 Å². The molecule has 64 heavy (non-hydrogen) atoms. The van der Waals surface area contributed by atoms with Crippen molar-refractivity contribution < 1.29 is 28.3 Å². The van der Waals surface area contributed by atoms with Crippen LogP contribution >= 0.6 is 0 Å². The van der Waals surface area contributed by atoms with Gasteiger partial charge in [0, 0.05) is 82.7 Å². The van der Waals surface area contributed by atoms with Gasteiger partial charge in [0.25, 0.3) is 11.8 Å². The third-order valence-electron chi connectivity index (χ3n) is 11.4. The van der Waals surface area contributed by atoms with Crippen molar-refractivity contribution in [2.75, 3.05) is 70.7 Å². The van der Waals surface area contributed by atoms with Crippen molar-refractivity contribution in [1.82, 2.24) is 29.5 Å². The number of aryl methyl sites for hydroxylation is 1. The first kappa shape index (κ1) is 43.4. The van der Waals surface area contributed by atoms with E-state index < -0.39 is 23.2 Å². The van der Waals surface area contributed by atoms with E-state index in [9.17, 15) is 19.2 Å². The molecule has 1 fully saturated rings. The third-order valence-corrected chi connectivity index (χ3v) is 11.4. The minimum Gasteiger partial charge on any atom is -0.495 e. The zero-order chi connectivity index (χ0) is 44.6. The summed E-state index contributed by atoms with van der Waals surface area (Å²) in [7, 11) is 5.64. The summed E-state index contributed by atoms with van der Waals surface area (Å²) in [6.07, 6.45) is 6.15. The number of hydrogen-bond acceptors (Lipinski definition) is 12. The van der Waals surface area contributed by atoms with E-state index in [2.05, 4.69) is 60.7 Å². The molecule has 4 aromatic carbocycles. The number of methoxy groups -OCH3 is 1. The van der Waals surface area contributed by atoms with Gasteiger partial charge in [0.15, 0.2) is 11.2 Å². The van der Waals surface area contributed by atoms with Gasteiger partial charge in [-0.25, -0.2) is 4.79 Å². The Hall–Kier alpha value is -7.20. The molecule has 0 aliphatic carbocycles. The molecule has 3 aromatic heterocycles. The van der Waals surface area contributed by atoms with E-state index in [1.54, 1.807) is 37.6 Å². The van der Waals surface area contributed by atoms with Crippen molar-refractivity contribution in [3.05, 3.63) is 159 Å². The number of likely N-dealkylation sites (N-methyl/N-ethyl adjacent to an activating group) is 1. The van der Waals surface area contributed by atoms with E-state index in [4.69, 9.17) is 13.9 Å². The number of benzene rings is 4. The molecule has 0 bridgehead atoms. The minimum atomic E-state index is -0.767. The van der Waals surface area contributed by atoms with Gasteiger partial charge in [0.1, 0.15) is 17.9 Å². The van der Waals surface area contributed by atoms with Crippen LogP contribution in [0.5, 0.6) is 5.75 Å². The molecular weight excluding hydrogens is 813 g/mol. The lowest BCUT2D eigenvalue weighted by Crippen LogP contribution is -2.45. The summed E-state index contributed by atoms with van der Waals surface area (Å²) in [5.41, 5.74) is 4.97. The Kier molecular flexibility index (Phi) is 13.5. The number of amides is 2. The number of fused-ring (bicyclic) bond motifs is 2. The van der Waals surface area contributed by atoms with Crippen molar-refractivity contribution in [2.24, 2.45) is 7.05 Å². The normalized spacial score (nSPS) is 13.3. The molecule has 8 rings (SSSR count). The molecule has 2 N–H and O–H groups in total. The highest BCUT2D eigenvalue weighted by Crippen LogP contribution is 2.24. The number of nitrogens with one attached hydrogen (secondary N) is 2. The molecule has 0 spiro atoms. The summed E-state index contributed by atoms with van der Waals surface area (Å²) in [6, 6.07) is 28.0. The lowest BCUT2D eigenvalue weighted by molar-refractivity contribution is 0.0432. The number of piperazine rings is 1. The molecule has 1 saturated heterocycles. The summed E-state index contributed by atoms with van der Waals surface area (Å²) in [4.78, 5) is 64.8. The molecule has 0 saturated carbocycles. The van der Waals surface area contributed by atoms with Crippen molar-refractivity contribution in [1.29, 1.82) is 0 Å². The van der Waals surface area contributed by atoms with Crippen molar-refractivity contribution in [3.8, 4) is 5.75 Å². The fourth-order valence-electron chi connectivity index (χ4n) is 7.74. The minimum absolute atomic E-state index is 0.0393. The lowest BCUT2D eigenvalue weighted by Gasteiger charge is -2.32. The van der Waals surface area contributed by atoms with Crippen LogP contribution in [-0.2, 0) is 31.3 Å². The topological polar surface area (TPSA) is 164 Å². The maximum Gasteiger partial charge on any atom is 0.338 e. The van der Waals surface area contributed by atoms with Gasteiger partial charge in [-0.2, -0.15) is 5.10 Å². The van der Waals surface area contributed by atoms with Crippen LogP contribution in [0, 0.1) is 0 Å². The summed E-state index contributed by atoms with van der Waals surface area (Å²) in [5, 5.41) is 11.4. The first-order chi connectivity index (χ1) is 31.1. The maximum atomic E-state index is 13.9. The number of rotatable bonds is 16. The molecule has 328 valence electrons. The van der Waals surface area contributed by atoms with Crippen LogP contribution in [0.25, 0.3) is 21.9 Å². The molecule has 7 aromatic rings. The molecule has 4 heterocycles. The fourth-order valence-corrected chi connectivity index (χ4v) is 7.74. The van der Waals surface area contributed by atoms with Gasteiger partial charge in [-0.05, 0) is 90.8 Å². The summed E-state index contributed by atoms with van der Waals surface area (Å²) in [6.45, 7) is 6.52. The van der Waals surface area contributed by atoms with Crippen LogP contribution in [0.1, 0.15) is 48.0 Å². The fraction of sp³-hybridized carbons (Fsp3) is 0.265. The monoisotopic (exact) mass is 862 g/mol. The van der Waals surface area contributed by atoms with Gasteiger partial charge in [0.2, 0.25) is 0 Å². The van der Waals surface area contributed by atoms with E-state index in [0.29, 0.717) is 36.5 Å². The molecule has 15 heteroatoms. The van der Waals surface area contributed by atoms with Crippen molar-refractivity contribution in [3.63, 3.8) is 0 Å².